The first-order valence-corrected chi connectivity index (χ1v) is 3.45. The first kappa shape index (κ1) is 6.74. The molecule has 1 radical (unpaired) electrons. The molecule has 0 unspecified atom stereocenters. The minimum atomic E-state index is 0.351. The summed E-state index contributed by atoms with van der Waals surface area (Å²) in [7, 11) is 0. The summed E-state index contributed by atoms with van der Waals surface area (Å²) in [5, 5.41) is 17.5. The van der Waals surface area contributed by atoms with Crippen molar-refractivity contribution in [3.63, 3.8) is 0 Å². The van der Waals surface area contributed by atoms with Crippen molar-refractivity contribution in [3.8, 4) is 6.07 Å². The van der Waals surface area contributed by atoms with Gasteiger partial charge in [0.05, 0.1) is 0 Å². The smallest absolute Gasteiger partial charge is 0.170 e. The van der Waals surface area contributed by atoms with Crippen molar-refractivity contribution in [1.29, 1.82) is 5.26 Å². The molecule has 2 rings (SSSR count). The summed E-state index contributed by atoms with van der Waals surface area (Å²) in [5.74, 6) is 0. The summed E-state index contributed by atoms with van der Waals surface area (Å²) in [6.45, 7) is 0. The minimum absolute atomic E-state index is 0.351. The molecule has 0 aliphatic carbocycles. The molecule has 0 bridgehead atoms. The Labute approximate surface area is 69.3 Å². The highest BCUT2D eigenvalue weighted by Crippen LogP contribution is 2.12. The van der Waals surface area contributed by atoms with E-state index in [0.29, 0.717) is 5.69 Å². The summed E-state index contributed by atoms with van der Waals surface area (Å²) in [5.41, 5.74) is 0.351. The molecular formula is C9H4N3. The number of nitriles is 1. The third kappa shape index (κ3) is 0.903. The van der Waals surface area contributed by atoms with Crippen molar-refractivity contribution < 1.29 is 0 Å². The Kier molecular flexibility index (Phi) is 1.45. The maximum absolute atomic E-state index is 8.67. The summed E-state index contributed by atoms with van der Waals surface area (Å²) in [6, 6.07) is 9.40. The van der Waals surface area contributed by atoms with Gasteiger partial charge in [-0.15, -0.1) is 10.2 Å². The van der Waals surface area contributed by atoms with E-state index < -0.39 is 0 Å². The van der Waals surface area contributed by atoms with E-state index in [1.54, 1.807) is 0 Å². The van der Waals surface area contributed by atoms with Gasteiger partial charge in [0.2, 0.25) is 0 Å². The number of hydrogen-bond donors (Lipinski definition) is 0. The van der Waals surface area contributed by atoms with E-state index in [-0.39, 0.29) is 0 Å². The second-order valence-electron chi connectivity index (χ2n) is 2.32. The average molecular weight is 154 g/mol. The average Bonchev–Trinajstić information content (AvgIpc) is 2.17. The Balaban J connectivity index is 2.91. The Morgan fingerprint density at radius 3 is 3.00 bits per heavy atom. The van der Waals surface area contributed by atoms with E-state index in [1.807, 2.05) is 30.3 Å². The molecule has 0 amide bonds. The van der Waals surface area contributed by atoms with Crippen LogP contribution in [0, 0.1) is 17.5 Å². The van der Waals surface area contributed by atoms with Crippen LogP contribution in [0.25, 0.3) is 10.8 Å². The second-order valence-corrected chi connectivity index (χ2v) is 2.32. The third-order valence-corrected chi connectivity index (χ3v) is 1.61. The maximum atomic E-state index is 8.67. The van der Waals surface area contributed by atoms with Gasteiger partial charge in [-0.2, -0.15) is 5.26 Å². The minimum Gasteiger partial charge on any atom is -0.191 e. The highest BCUT2D eigenvalue weighted by molar-refractivity contribution is 5.84. The quantitative estimate of drug-likeness (QED) is 0.574. The van der Waals surface area contributed by atoms with Crippen LogP contribution in [-0.2, 0) is 0 Å². The number of rotatable bonds is 0. The first-order chi connectivity index (χ1) is 5.92. The van der Waals surface area contributed by atoms with Crippen LogP contribution in [0.3, 0.4) is 0 Å². The molecule has 1 heterocycles. The Bertz CT molecular complexity index is 451. The lowest BCUT2D eigenvalue weighted by atomic mass is 10.1. The van der Waals surface area contributed by atoms with Crippen LogP contribution in [0.4, 0.5) is 0 Å². The summed E-state index contributed by atoms with van der Waals surface area (Å²) >= 11 is 0. The fraction of sp³-hybridized carbons (Fsp3) is 0. The van der Waals surface area contributed by atoms with Gasteiger partial charge in [-0.25, -0.2) is 0 Å². The monoisotopic (exact) mass is 154 g/mol. The highest BCUT2D eigenvalue weighted by Gasteiger charge is 1.99. The zero-order valence-electron chi connectivity index (χ0n) is 6.15. The SMILES string of the molecule is N#Cc1nn[c]c2ccccc12. The Morgan fingerprint density at radius 2 is 2.17 bits per heavy atom. The summed E-state index contributed by atoms with van der Waals surface area (Å²) < 4.78 is 0. The molecule has 12 heavy (non-hydrogen) atoms. The molecule has 0 atom stereocenters. The van der Waals surface area contributed by atoms with E-state index in [4.69, 9.17) is 5.26 Å². The molecule has 0 saturated carbocycles. The molecule has 0 saturated heterocycles. The van der Waals surface area contributed by atoms with Crippen molar-refractivity contribution in [2.75, 3.05) is 0 Å². The predicted octanol–water partition coefficient (Wildman–Crippen LogP) is 1.30. The fourth-order valence-electron chi connectivity index (χ4n) is 1.05. The van der Waals surface area contributed by atoms with Gasteiger partial charge in [-0.1, -0.05) is 24.3 Å². The van der Waals surface area contributed by atoms with Gasteiger partial charge < -0.3 is 0 Å². The van der Waals surface area contributed by atoms with E-state index >= 15 is 0 Å². The molecule has 55 valence electrons. The number of nitrogens with zero attached hydrogens (tertiary/aromatic N) is 3. The molecule has 3 heteroatoms. The molecule has 0 spiro atoms. The second kappa shape index (κ2) is 2.59. The van der Waals surface area contributed by atoms with Gasteiger partial charge in [0.15, 0.2) is 5.69 Å². The van der Waals surface area contributed by atoms with Crippen LogP contribution in [0.1, 0.15) is 5.69 Å². The molecule has 2 aromatic rings. The van der Waals surface area contributed by atoms with Gasteiger partial charge in [0.25, 0.3) is 0 Å². The standard InChI is InChI=1S/C9H4N3/c10-5-9-8-4-2-1-3-7(8)6-11-12-9/h1-4H. The molecule has 3 nitrogen and oxygen atoms in total. The fourth-order valence-corrected chi connectivity index (χ4v) is 1.05. The van der Waals surface area contributed by atoms with Gasteiger partial charge in [0.1, 0.15) is 12.3 Å². The molecule has 0 aliphatic heterocycles. The van der Waals surface area contributed by atoms with Gasteiger partial charge in [0, 0.05) is 10.8 Å². The molecular weight excluding hydrogens is 150 g/mol. The Morgan fingerprint density at radius 1 is 1.33 bits per heavy atom. The largest absolute Gasteiger partial charge is 0.191 e. The zero-order chi connectivity index (χ0) is 8.39. The summed E-state index contributed by atoms with van der Waals surface area (Å²) in [4.78, 5) is 0. The number of fused-ring (bicyclic) bond motifs is 1. The van der Waals surface area contributed by atoms with Gasteiger partial charge in [-0.3, -0.25) is 0 Å². The lowest BCUT2D eigenvalue weighted by Gasteiger charge is -1.94. The van der Waals surface area contributed by atoms with Gasteiger partial charge >= 0.3 is 0 Å². The summed E-state index contributed by atoms with van der Waals surface area (Å²) in [6.07, 6.45) is 2.71. The Hall–Kier alpha value is -1.95. The van der Waals surface area contributed by atoms with Crippen LogP contribution in [-0.4, -0.2) is 10.2 Å². The van der Waals surface area contributed by atoms with Crippen molar-refractivity contribution in [1.82, 2.24) is 10.2 Å². The molecule has 1 aromatic carbocycles. The van der Waals surface area contributed by atoms with E-state index in [1.165, 1.54) is 0 Å². The van der Waals surface area contributed by atoms with E-state index in [2.05, 4.69) is 16.4 Å². The van der Waals surface area contributed by atoms with Crippen LogP contribution in [0.15, 0.2) is 24.3 Å². The highest BCUT2D eigenvalue weighted by atomic mass is 15.1. The van der Waals surface area contributed by atoms with E-state index in [9.17, 15) is 0 Å². The molecule has 0 N–H and O–H groups in total. The lowest BCUT2D eigenvalue weighted by Crippen LogP contribution is -1.88. The van der Waals surface area contributed by atoms with E-state index in [0.717, 1.165) is 10.8 Å². The van der Waals surface area contributed by atoms with Crippen LogP contribution in [0.5, 0.6) is 0 Å². The van der Waals surface area contributed by atoms with Crippen LogP contribution >= 0.6 is 0 Å². The topological polar surface area (TPSA) is 49.6 Å². The first-order valence-electron chi connectivity index (χ1n) is 3.45. The molecule has 0 aliphatic rings. The van der Waals surface area contributed by atoms with Crippen LogP contribution < -0.4 is 0 Å². The number of benzene rings is 1. The number of aromatic nitrogens is 2. The predicted molar refractivity (Wildman–Crippen MR) is 43.1 cm³/mol. The maximum Gasteiger partial charge on any atom is 0.170 e. The number of hydrogen-bond acceptors (Lipinski definition) is 3. The van der Waals surface area contributed by atoms with Crippen LogP contribution in [0.2, 0.25) is 0 Å². The molecule has 0 fully saturated rings. The molecule has 1 aromatic heterocycles. The van der Waals surface area contributed by atoms with Crippen molar-refractivity contribution in [2.45, 2.75) is 0 Å². The van der Waals surface area contributed by atoms with Crippen molar-refractivity contribution in [2.24, 2.45) is 0 Å². The van der Waals surface area contributed by atoms with Crippen molar-refractivity contribution >= 4 is 10.8 Å². The van der Waals surface area contributed by atoms with Crippen molar-refractivity contribution in [3.05, 3.63) is 36.2 Å². The normalized spacial score (nSPS) is 9.58. The lowest BCUT2D eigenvalue weighted by molar-refractivity contribution is 1.02. The van der Waals surface area contributed by atoms with Gasteiger partial charge in [-0.05, 0) is 0 Å². The third-order valence-electron chi connectivity index (χ3n) is 1.61. The zero-order valence-corrected chi connectivity index (χ0v) is 6.15.